The molecule has 0 aromatic carbocycles. The standard InChI is InChI=1S/C16H23N3/c1-19-15-13(2-3-17-15)14(18-19)16-7-10-4-11(8-16)6-12(5-10)9-16/h10-12,17H,2-9H2,1H3. The van der Waals surface area contributed by atoms with Crippen LogP contribution in [0.3, 0.4) is 0 Å². The van der Waals surface area contributed by atoms with Crippen LogP contribution in [0.4, 0.5) is 5.82 Å². The van der Waals surface area contributed by atoms with Crippen molar-refractivity contribution in [2.45, 2.75) is 50.4 Å². The van der Waals surface area contributed by atoms with Crippen molar-refractivity contribution < 1.29 is 0 Å². The third-order valence-corrected chi connectivity index (χ3v) is 6.35. The molecule has 1 aromatic heterocycles. The second-order valence-electron chi connectivity index (χ2n) is 7.67. The minimum Gasteiger partial charge on any atom is -0.370 e. The van der Waals surface area contributed by atoms with Crippen LogP contribution in [0.5, 0.6) is 0 Å². The van der Waals surface area contributed by atoms with Crippen LogP contribution in [0, 0.1) is 17.8 Å². The van der Waals surface area contributed by atoms with E-state index in [2.05, 4.69) is 17.0 Å². The van der Waals surface area contributed by atoms with E-state index >= 15 is 0 Å². The normalized spacial score (nSPS) is 42.5. The van der Waals surface area contributed by atoms with Crippen LogP contribution >= 0.6 is 0 Å². The minimum atomic E-state index is 0.464. The average molecular weight is 257 g/mol. The van der Waals surface area contributed by atoms with Gasteiger partial charge in [0.05, 0.1) is 5.69 Å². The van der Waals surface area contributed by atoms with E-state index in [-0.39, 0.29) is 0 Å². The molecule has 4 bridgehead atoms. The number of fused-ring (bicyclic) bond motifs is 1. The highest BCUT2D eigenvalue weighted by atomic mass is 15.3. The average Bonchev–Trinajstić information content (AvgIpc) is 2.92. The van der Waals surface area contributed by atoms with E-state index in [0.29, 0.717) is 5.41 Å². The molecule has 1 N–H and O–H groups in total. The fourth-order valence-corrected chi connectivity index (χ4v) is 6.16. The first-order valence-electron chi connectivity index (χ1n) is 8.04. The van der Waals surface area contributed by atoms with Crippen molar-refractivity contribution in [1.29, 1.82) is 0 Å². The van der Waals surface area contributed by atoms with Gasteiger partial charge in [0, 0.05) is 24.6 Å². The molecule has 4 fully saturated rings. The molecule has 1 aromatic rings. The van der Waals surface area contributed by atoms with Gasteiger partial charge >= 0.3 is 0 Å². The second kappa shape index (κ2) is 3.36. The monoisotopic (exact) mass is 257 g/mol. The van der Waals surface area contributed by atoms with Gasteiger partial charge in [0.2, 0.25) is 0 Å². The summed E-state index contributed by atoms with van der Waals surface area (Å²) in [7, 11) is 2.11. The van der Waals surface area contributed by atoms with E-state index < -0.39 is 0 Å². The van der Waals surface area contributed by atoms with E-state index in [1.807, 2.05) is 0 Å². The van der Waals surface area contributed by atoms with E-state index in [1.165, 1.54) is 56.5 Å². The van der Waals surface area contributed by atoms with Crippen molar-refractivity contribution >= 4 is 5.82 Å². The quantitative estimate of drug-likeness (QED) is 0.838. The Labute approximate surface area is 114 Å². The Morgan fingerprint density at radius 3 is 2.37 bits per heavy atom. The van der Waals surface area contributed by atoms with Gasteiger partial charge in [-0.25, -0.2) is 0 Å². The van der Waals surface area contributed by atoms with Crippen molar-refractivity contribution in [2.24, 2.45) is 24.8 Å². The maximum Gasteiger partial charge on any atom is 0.127 e. The summed E-state index contributed by atoms with van der Waals surface area (Å²) in [6.07, 6.45) is 10.1. The Morgan fingerprint density at radius 2 is 1.74 bits per heavy atom. The molecule has 5 aliphatic rings. The zero-order valence-electron chi connectivity index (χ0n) is 11.8. The van der Waals surface area contributed by atoms with Gasteiger partial charge in [0.15, 0.2) is 0 Å². The summed E-state index contributed by atoms with van der Waals surface area (Å²) in [5.41, 5.74) is 3.52. The Balaban J connectivity index is 1.64. The van der Waals surface area contributed by atoms with Gasteiger partial charge in [-0.05, 0) is 62.7 Å². The summed E-state index contributed by atoms with van der Waals surface area (Å²) in [6, 6.07) is 0. The van der Waals surface area contributed by atoms with Gasteiger partial charge in [-0.2, -0.15) is 5.10 Å². The van der Waals surface area contributed by atoms with Gasteiger partial charge in [-0.15, -0.1) is 0 Å². The smallest absolute Gasteiger partial charge is 0.127 e. The van der Waals surface area contributed by atoms with Gasteiger partial charge in [-0.1, -0.05) is 0 Å². The summed E-state index contributed by atoms with van der Waals surface area (Å²) in [5.74, 6) is 4.35. The fraction of sp³-hybridized carbons (Fsp3) is 0.812. The molecule has 4 aliphatic carbocycles. The number of rotatable bonds is 1. The van der Waals surface area contributed by atoms with Crippen LogP contribution in [0.1, 0.15) is 49.8 Å². The largest absolute Gasteiger partial charge is 0.370 e. The highest BCUT2D eigenvalue weighted by Gasteiger charge is 2.53. The molecule has 6 rings (SSSR count). The van der Waals surface area contributed by atoms with Crippen LogP contribution < -0.4 is 5.32 Å². The van der Waals surface area contributed by atoms with Crippen molar-refractivity contribution in [1.82, 2.24) is 9.78 Å². The van der Waals surface area contributed by atoms with E-state index in [1.54, 1.807) is 5.56 Å². The highest BCUT2D eigenvalue weighted by molar-refractivity contribution is 5.54. The molecule has 102 valence electrons. The molecule has 0 saturated heterocycles. The zero-order chi connectivity index (χ0) is 12.6. The Bertz CT molecular complexity index is 507. The Morgan fingerprint density at radius 1 is 1.11 bits per heavy atom. The van der Waals surface area contributed by atoms with Crippen molar-refractivity contribution in [3.63, 3.8) is 0 Å². The Kier molecular flexibility index (Phi) is 1.90. The molecule has 2 heterocycles. The summed E-state index contributed by atoms with van der Waals surface area (Å²) >= 11 is 0. The SMILES string of the molecule is Cn1nc(C23CC4CC(CC(C4)C2)C3)c2c1NCC2. The van der Waals surface area contributed by atoms with Crippen LogP contribution in [-0.4, -0.2) is 16.3 Å². The lowest BCUT2D eigenvalue weighted by molar-refractivity contribution is -0.00778. The summed E-state index contributed by atoms with van der Waals surface area (Å²) in [4.78, 5) is 0. The number of aromatic nitrogens is 2. The predicted octanol–water partition coefficient (Wildman–Crippen LogP) is 2.86. The summed E-state index contributed by atoms with van der Waals surface area (Å²) in [6.45, 7) is 1.11. The molecule has 0 atom stereocenters. The number of aryl methyl sites for hydroxylation is 1. The van der Waals surface area contributed by atoms with Crippen LogP contribution in [-0.2, 0) is 18.9 Å². The molecule has 19 heavy (non-hydrogen) atoms. The summed E-state index contributed by atoms with van der Waals surface area (Å²) < 4.78 is 2.11. The fourth-order valence-electron chi connectivity index (χ4n) is 6.16. The third kappa shape index (κ3) is 1.31. The minimum absolute atomic E-state index is 0.464. The second-order valence-corrected chi connectivity index (χ2v) is 7.67. The molecule has 1 aliphatic heterocycles. The molecule has 3 heteroatoms. The van der Waals surface area contributed by atoms with Crippen molar-refractivity contribution in [3.05, 3.63) is 11.3 Å². The number of hydrogen-bond acceptors (Lipinski definition) is 2. The van der Waals surface area contributed by atoms with Crippen LogP contribution in [0.25, 0.3) is 0 Å². The molecule has 4 saturated carbocycles. The number of anilines is 1. The molecule has 3 nitrogen and oxygen atoms in total. The maximum atomic E-state index is 4.98. The number of hydrogen-bond donors (Lipinski definition) is 1. The van der Waals surface area contributed by atoms with Gasteiger partial charge < -0.3 is 5.32 Å². The zero-order valence-corrected chi connectivity index (χ0v) is 11.8. The lowest BCUT2D eigenvalue weighted by atomic mass is 9.48. The molecular weight excluding hydrogens is 234 g/mol. The third-order valence-electron chi connectivity index (χ3n) is 6.35. The number of nitrogens with zero attached hydrogens (tertiary/aromatic N) is 2. The first-order chi connectivity index (χ1) is 9.23. The molecule has 0 radical (unpaired) electrons. The predicted molar refractivity (Wildman–Crippen MR) is 75.3 cm³/mol. The van der Waals surface area contributed by atoms with Crippen LogP contribution in [0.15, 0.2) is 0 Å². The van der Waals surface area contributed by atoms with Gasteiger partial charge in [-0.3, -0.25) is 4.68 Å². The summed E-state index contributed by atoms with van der Waals surface area (Å²) in [5, 5.41) is 8.50. The van der Waals surface area contributed by atoms with Crippen molar-refractivity contribution in [2.75, 3.05) is 11.9 Å². The van der Waals surface area contributed by atoms with Crippen molar-refractivity contribution in [3.8, 4) is 0 Å². The molecular formula is C16H23N3. The number of nitrogens with one attached hydrogen (secondary N) is 1. The Hall–Kier alpha value is -0.990. The maximum absolute atomic E-state index is 4.98. The van der Waals surface area contributed by atoms with E-state index in [0.717, 1.165) is 24.3 Å². The lowest BCUT2D eigenvalue weighted by Gasteiger charge is -2.56. The lowest BCUT2D eigenvalue weighted by Crippen LogP contribution is -2.49. The first-order valence-corrected chi connectivity index (χ1v) is 8.04. The van der Waals surface area contributed by atoms with Gasteiger partial charge in [0.1, 0.15) is 5.82 Å². The van der Waals surface area contributed by atoms with E-state index in [4.69, 9.17) is 5.10 Å². The molecule has 0 spiro atoms. The highest BCUT2D eigenvalue weighted by Crippen LogP contribution is 2.61. The van der Waals surface area contributed by atoms with Gasteiger partial charge in [0.25, 0.3) is 0 Å². The van der Waals surface area contributed by atoms with E-state index in [9.17, 15) is 0 Å². The molecule has 0 amide bonds. The molecule has 0 unspecified atom stereocenters. The first kappa shape index (κ1) is 10.8. The van der Waals surface area contributed by atoms with Crippen LogP contribution in [0.2, 0.25) is 0 Å². The topological polar surface area (TPSA) is 29.9 Å².